The maximum absolute atomic E-state index is 12.8. The first kappa shape index (κ1) is 40.9. The molecule has 0 aliphatic heterocycles. The summed E-state index contributed by atoms with van der Waals surface area (Å²) in [6.07, 6.45) is 0.221. The second kappa shape index (κ2) is 20.0. The van der Waals surface area contributed by atoms with Gasteiger partial charge in [0.05, 0.1) is 30.3 Å². The summed E-state index contributed by atoms with van der Waals surface area (Å²) in [4.78, 5) is 59.8. The molecule has 44 heavy (non-hydrogen) atoms. The highest BCUT2D eigenvalue weighted by molar-refractivity contribution is 5.99. The molecular formula is C33H52O11. The van der Waals surface area contributed by atoms with Crippen LogP contribution in [-0.2, 0) is 28.7 Å². The topological polar surface area (TPSA) is 196 Å². The van der Waals surface area contributed by atoms with E-state index in [9.17, 15) is 44.4 Å². The van der Waals surface area contributed by atoms with Crippen LogP contribution in [0.1, 0.15) is 93.4 Å². The molecular weight excluding hydrogens is 572 g/mol. The lowest BCUT2D eigenvalue weighted by Crippen LogP contribution is -2.36. The van der Waals surface area contributed by atoms with Crippen molar-refractivity contribution < 1.29 is 54.2 Å². The average Bonchev–Trinajstić information content (AvgIpc) is 2.92. The van der Waals surface area contributed by atoms with E-state index in [1.165, 1.54) is 6.92 Å². The Labute approximate surface area is 260 Å². The van der Waals surface area contributed by atoms with Crippen molar-refractivity contribution in [3.8, 4) is 0 Å². The first-order valence-corrected chi connectivity index (χ1v) is 15.1. The summed E-state index contributed by atoms with van der Waals surface area (Å²) in [7, 11) is 0. The molecule has 0 radical (unpaired) electrons. The van der Waals surface area contributed by atoms with Crippen molar-refractivity contribution in [1.82, 2.24) is 0 Å². The van der Waals surface area contributed by atoms with Gasteiger partial charge in [-0.2, -0.15) is 0 Å². The Morgan fingerprint density at radius 1 is 0.818 bits per heavy atom. The minimum Gasteiger partial charge on any atom is -0.478 e. The Balaban J connectivity index is 4.86. The number of hydrogen-bond donors (Lipinski definition) is 5. The second-order valence-corrected chi connectivity index (χ2v) is 12.0. The van der Waals surface area contributed by atoms with Crippen molar-refractivity contribution >= 4 is 29.5 Å². The van der Waals surface area contributed by atoms with Gasteiger partial charge >= 0.3 is 17.9 Å². The second-order valence-electron chi connectivity index (χ2n) is 12.0. The minimum absolute atomic E-state index is 0.0606. The molecule has 0 aliphatic carbocycles. The highest BCUT2D eigenvalue weighted by atomic mass is 16.5. The molecule has 8 atom stereocenters. The molecule has 0 saturated heterocycles. The third kappa shape index (κ3) is 14.5. The summed E-state index contributed by atoms with van der Waals surface area (Å²) in [5.41, 5.74) is -0.557. The number of aliphatic hydroxyl groups excluding tert-OH is 3. The van der Waals surface area contributed by atoms with Crippen LogP contribution >= 0.6 is 0 Å². The van der Waals surface area contributed by atoms with Crippen molar-refractivity contribution in [2.24, 2.45) is 23.7 Å². The van der Waals surface area contributed by atoms with Gasteiger partial charge in [-0.25, -0.2) is 9.59 Å². The quantitative estimate of drug-likeness (QED) is 0.0662. The maximum atomic E-state index is 12.8. The third-order valence-corrected chi connectivity index (χ3v) is 8.13. The van der Waals surface area contributed by atoms with E-state index in [1.54, 1.807) is 26.0 Å². The standard InChI is InChI=1S/C33H52O11/c1-9-24(10-2)15-25(34)14-19(4)13-18(3)11-12-26(35)21(6)28(37)16-27(36)20(5)23(8)44-30(39)17-29(38)31(33(42)43)22(7)32(40)41/h9,15,18-21,23,26-27,29,35-36,38H,1,10-14,16-17H2,2-8H3,(H,40,41)(H,42,43)/t18-,19+,20+,21-,23+,26-,27+,29+/m0/s1. The van der Waals surface area contributed by atoms with Crippen molar-refractivity contribution in [3.63, 3.8) is 0 Å². The van der Waals surface area contributed by atoms with Crippen LogP contribution in [0.15, 0.2) is 35.5 Å². The average molecular weight is 625 g/mol. The number of Topliss-reactive ketones (excluding diaryl/α,β-unsaturated/α-hetero) is 1. The Hall–Kier alpha value is -3.15. The minimum atomic E-state index is -1.92. The van der Waals surface area contributed by atoms with Gasteiger partial charge < -0.3 is 30.3 Å². The van der Waals surface area contributed by atoms with E-state index < -0.39 is 71.7 Å². The molecule has 250 valence electrons. The SMILES string of the molecule is C=CC(=CC(=O)C[C@H](C)C[C@@H](C)CC[C@H](O)[C@H](C)C(=O)C[C@@H](O)[C@H](C)[C@@H](C)OC(=O)C[C@@H](O)C(C(=O)O)=C(C)C(=O)O)CC. The van der Waals surface area contributed by atoms with Crippen molar-refractivity contribution in [2.75, 3.05) is 0 Å². The molecule has 11 heteroatoms. The van der Waals surface area contributed by atoms with Crippen molar-refractivity contribution in [3.05, 3.63) is 35.5 Å². The molecule has 11 nitrogen and oxygen atoms in total. The number of carbonyl (C=O) groups excluding carboxylic acids is 3. The van der Waals surface area contributed by atoms with Crippen LogP contribution in [0, 0.1) is 23.7 Å². The van der Waals surface area contributed by atoms with E-state index in [2.05, 4.69) is 6.58 Å². The predicted molar refractivity (Wildman–Crippen MR) is 164 cm³/mol. The number of rotatable bonds is 22. The van der Waals surface area contributed by atoms with Gasteiger partial charge in [0, 0.05) is 30.3 Å². The van der Waals surface area contributed by atoms with Crippen LogP contribution in [0.25, 0.3) is 0 Å². The number of allylic oxidation sites excluding steroid dienone is 3. The highest BCUT2D eigenvalue weighted by Crippen LogP contribution is 2.24. The molecule has 0 fully saturated rings. The summed E-state index contributed by atoms with van der Waals surface area (Å²) >= 11 is 0. The Kier molecular flexibility index (Phi) is 18.6. The number of ether oxygens (including phenoxy) is 1. The fourth-order valence-corrected chi connectivity index (χ4v) is 4.90. The molecule has 0 spiro atoms. The van der Waals surface area contributed by atoms with Crippen molar-refractivity contribution in [1.29, 1.82) is 0 Å². The third-order valence-electron chi connectivity index (χ3n) is 8.13. The van der Waals surface area contributed by atoms with Crippen LogP contribution < -0.4 is 0 Å². The fourth-order valence-electron chi connectivity index (χ4n) is 4.90. The summed E-state index contributed by atoms with van der Waals surface area (Å²) < 4.78 is 5.20. The number of carbonyl (C=O) groups is 5. The molecule has 0 heterocycles. The number of hydrogen-bond acceptors (Lipinski definition) is 9. The predicted octanol–water partition coefficient (Wildman–Crippen LogP) is 4.03. The van der Waals surface area contributed by atoms with E-state index in [1.807, 2.05) is 20.8 Å². The zero-order valence-electron chi connectivity index (χ0n) is 27.1. The molecule has 0 aromatic rings. The molecule has 5 N–H and O–H groups in total. The van der Waals surface area contributed by atoms with Gasteiger partial charge in [0.1, 0.15) is 11.9 Å². The van der Waals surface area contributed by atoms with Gasteiger partial charge in [-0.15, -0.1) is 0 Å². The smallest absolute Gasteiger partial charge is 0.334 e. The van der Waals surface area contributed by atoms with Crippen LogP contribution in [0.3, 0.4) is 0 Å². The Bertz CT molecular complexity index is 1070. The van der Waals surface area contributed by atoms with Gasteiger partial charge in [0.15, 0.2) is 5.78 Å². The van der Waals surface area contributed by atoms with E-state index in [0.29, 0.717) is 19.3 Å². The van der Waals surface area contributed by atoms with E-state index >= 15 is 0 Å². The molecule has 0 unspecified atom stereocenters. The van der Waals surface area contributed by atoms with E-state index in [0.717, 1.165) is 25.3 Å². The van der Waals surface area contributed by atoms with E-state index in [4.69, 9.17) is 9.84 Å². The zero-order valence-corrected chi connectivity index (χ0v) is 27.1. The number of carboxylic acid groups (broad SMARTS) is 2. The summed E-state index contributed by atoms with van der Waals surface area (Å²) in [5.74, 6) is -5.64. The molecule has 0 saturated carbocycles. The molecule has 0 amide bonds. The lowest BCUT2D eigenvalue weighted by molar-refractivity contribution is -0.154. The van der Waals surface area contributed by atoms with Gasteiger partial charge in [0.25, 0.3) is 0 Å². The number of ketones is 2. The largest absolute Gasteiger partial charge is 0.478 e. The summed E-state index contributed by atoms with van der Waals surface area (Å²) in [6, 6.07) is 0. The van der Waals surface area contributed by atoms with Gasteiger partial charge in [0.2, 0.25) is 0 Å². The first-order valence-electron chi connectivity index (χ1n) is 15.1. The lowest BCUT2D eigenvalue weighted by Gasteiger charge is -2.27. The Morgan fingerprint density at radius 3 is 1.91 bits per heavy atom. The molecule has 0 aromatic heterocycles. The van der Waals surface area contributed by atoms with Crippen LogP contribution in [-0.4, -0.2) is 79.4 Å². The van der Waals surface area contributed by atoms with Gasteiger partial charge in [-0.05, 0) is 63.0 Å². The van der Waals surface area contributed by atoms with Crippen LogP contribution in [0.4, 0.5) is 0 Å². The number of aliphatic hydroxyl groups is 3. The van der Waals surface area contributed by atoms with Crippen LogP contribution in [0.2, 0.25) is 0 Å². The lowest BCUT2D eigenvalue weighted by atomic mass is 9.85. The first-order chi connectivity index (χ1) is 20.4. The van der Waals surface area contributed by atoms with Gasteiger partial charge in [-0.1, -0.05) is 47.3 Å². The summed E-state index contributed by atoms with van der Waals surface area (Å²) in [5, 5.41) is 49.6. The Morgan fingerprint density at radius 2 is 1.41 bits per heavy atom. The molecule has 0 aliphatic rings. The van der Waals surface area contributed by atoms with Crippen LogP contribution in [0.5, 0.6) is 0 Å². The maximum Gasteiger partial charge on any atom is 0.334 e. The summed E-state index contributed by atoms with van der Waals surface area (Å²) in [6.45, 7) is 15.3. The number of esters is 1. The number of aliphatic carboxylic acids is 2. The van der Waals surface area contributed by atoms with Gasteiger partial charge in [-0.3, -0.25) is 14.4 Å². The fraction of sp³-hybridized carbons (Fsp3) is 0.667. The highest BCUT2D eigenvalue weighted by Gasteiger charge is 2.31. The zero-order chi connectivity index (χ0) is 34.3. The molecule has 0 aromatic carbocycles. The number of carboxylic acids is 2. The monoisotopic (exact) mass is 624 g/mol. The molecule has 0 bridgehead atoms. The van der Waals surface area contributed by atoms with Crippen molar-refractivity contribution in [2.45, 2.75) is 118 Å². The normalized spacial score (nSPS) is 18.0. The van der Waals surface area contributed by atoms with E-state index in [-0.39, 0.29) is 29.8 Å². The molecule has 0 rings (SSSR count).